The molecule has 0 saturated carbocycles. The van der Waals surface area contributed by atoms with Crippen LogP contribution in [0.4, 0.5) is 0 Å². The predicted octanol–water partition coefficient (Wildman–Crippen LogP) is 2.33. The fourth-order valence-electron chi connectivity index (χ4n) is 1.82. The Labute approximate surface area is 109 Å². The Balaban J connectivity index is 1.99. The van der Waals surface area contributed by atoms with Crippen LogP contribution in [0.2, 0.25) is 0 Å². The molecule has 0 aromatic carbocycles. The second kappa shape index (κ2) is 8.72. The fourth-order valence-corrected chi connectivity index (χ4v) is 1.82. The van der Waals surface area contributed by atoms with Crippen molar-refractivity contribution >= 4 is 11.9 Å². The summed E-state index contributed by atoms with van der Waals surface area (Å²) in [6.45, 7) is 2.61. The summed E-state index contributed by atoms with van der Waals surface area (Å²) in [7, 11) is 0. The number of hydrogen-bond donors (Lipinski definition) is 1. The van der Waals surface area contributed by atoms with Crippen molar-refractivity contribution in [3.05, 3.63) is 12.2 Å². The van der Waals surface area contributed by atoms with Crippen molar-refractivity contribution in [3.63, 3.8) is 0 Å². The maximum absolute atomic E-state index is 11.5. The van der Waals surface area contributed by atoms with Crippen LogP contribution in [0.3, 0.4) is 0 Å². The number of amides is 1. The molecule has 1 fully saturated rings. The van der Waals surface area contributed by atoms with E-state index in [4.69, 9.17) is 4.74 Å². The number of allylic oxidation sites excluding steroid dienone is 2. The number of nitrogens with one attached hydrogen (secondary N) is 1. The van der Waals surface area contributed by atoms with E-state index in [1.807, 2.05) is 0 Å². The molecule has 1 rings (SSSR count). The van der Waals surface area contributed by atoms with E-state index in [9.17, 15) is 9.59 Å². The quantitative estimate of drug-likeness (QED) is 0.410. The molecule has 0 bridgehead atoms. The van der Waals surface area contributed by atoms with E-state index in [1.54, 1.807) is 0 Å². The van der Waals surface area contributed by atoms with E-state index in [0.29, 0.717) is 19.4 Å². The number of carbonyl (C=O) groups is 2. The van der Waals surface area contributed by atoms with Crippen molar-refractivity contribution in [1.82, 2.24) is 5.32 Å². The maximum atomic E-state index is 11.5. The van der Waals surface area contributed by atoms with Crippen LogP contribution in [0, 0.1) is 0 Å². The summed E-state index contributed by atoms with van der Waals surface area (Å²) in [6.07, 6.45) is 10.7. The summed E-state index contributed by atoms with van der Waals surface area (Å²) in [5.41, 5.74) is 0. The van der Waals surface area contributed by atoms with Crippen LogP contribution in [0.1, 0.15) is 51.9 Å². The van der Waals surface area contributed by atoms with Crippen molar-refractivity contribution < 1.29 is 14.3 Å². The molecular formula is C14H23NO3. The molecule has 1 heterocycles. The van der Waals surface area contributed by atoms with E-state index < -0.39 is 6.04 Å². The number of unbranched alkanes of at least 4 members (excludes halogenated alkanes) is 3. The Morgan fingerprint density at radius 1 is 1.39 bits per heavy atom. The van der Waals surface area contributed by atoms with Crippen LogP contribution in [0.5, 0.6) is 0 Å². The zero-order chi connectivity index (χ0) is 13.2. The van der Waals surface area contributed by atoms with Gasteiger partial charge in [0.2, 0.25) is 5.91 Å². The summed E-state index contributed by atoms with van der Waals surface area (Å²) in [5, 5.41) is 2.60. The van der Waals surface area contributed by atoms with Gasteiger partial charge in [-0.3, -0.25) is 4.79 Å². The summed E-state index contributed by atoms with van der Waals surface area (Å²) in [6, 6.07) is -0.419. The smallest absolute Gasteiger partial charge is 0.328 e. The third-order valence-electron chi connectivity index (χ3n) is 2.93. The molecule has 0 aromatic rings. The second-order valence-electron chi connectivity index (χ2n) is 4.58. The van der Waals surface area contributed by atoms with Crippen molar-refractivity contribution in [2.24, 2.45) is 0 Å². The Kier molecular flexibility index (Phi) is 7.14. The minimum absolute atomic E-state index is 0.0594. The highest BCUT2D eigenvalue weighted by molar-refractivity contribution is 5.87. The number of rotatable bonds is 8. The van der Waals surface area contributed by atoms with E-state index in [-0.39, 0.29) is 11.9 Å². The van der Waals surface area contributed by atoms with Gasteiger partial charge in [0.05, 0.1) is 6.61 Å². The number of ether oxygens (including phenoxy) is 1. The lowest BCUT2D eigenvalue weighted by atomic mass is 10.2. The first-order chi connectivity index (χ1) is 8.74. The lowest BCUT2D eigenvalue weighted by molar-refractivity contribution is -0.146. The highest BCUT2D eigenvalue weighted by Gasteiger charge is 2.28. The molecule has 0 radical (unpaired) electrons. The molecule has 0 aliphatic carbocycles. The molecule has 4 nitrogen and oxygen atoms in total. The normalized spacial score (nSPS) is 19.2. The first-order valence-corrected chi connectivity index (χ1v) is 6.85. The van der Waals surface area contributed by atoms with Gasteiger partial charge in [-0.25, -0.2) is 4.79 Å². The highest BCUT2D eigenvalue weighted by Crippen LogP contribution is 2.08. The van der Waals surface area contributed by atoms with Gasteiger partial charge < -0.3 is 10.1 Å². The lowest BCUT2D eigenvalue weighted by Crippen LogP contribution is -2.34. The molecule has 1 N–H and O–H groups in total. The van der Waals surface area contributed by atoms with Gasteiger partial charge in [-0.15, -0.1) is 0 Å². The molecule has 0 aromatic heterocycles. The van der Waals surface area contributed by atoms with Gasteiger partial charge in [0.15, 0.2) is 0 Å². The lowest BCUT2D eigenvalue weighted by Gasteiger charge is -2.09. The molecule has 18 heavy (non-hydrogen) atoms. The third kappa shape index (κ3) is 5.84. The number of hydrogen-bond acceptors (Lipinski definition) is 3. The average molecular weight is 253 g/mol. The topological polar surface area (TPSA) is 55.4 Å². The third-order valence-corrected chi connectivity index (χ3v) is 2.93. The summed E-state index contributed by atoms with van der Waals surface area (Å²) >= 11 is 0. The summed E-state index contributed by atoms with van der Waals surface area (Å²) in [4.78, 5) is 22.4. The zero-order valence-corrected chi connectivity index (χ0v) is 11.1. The first-order valence-electron chi connectivity index (χ1n) is 6.85. The largest absolute Gasteiger partial charge is 0.464 e. The van der Waals surface area contributed by atoms with E-state index in [0.717, 1.165) is 19.3 Å². The minimum atomic E-state index is -0.419. The fraction of sp³-hybridized carbons (Fsp3) is 0.714. The molecule has 1 amide bonds. The Morgan fingerprint density at radius 3 is 2.72 bits per heavy atom. The first kappa shape index (κ1) is 14.7. The van der Waals surface area contributed by atoms with E-state index in [2.05, 4.69) is 24.4 Å². The van der Waals surface area contributed by atoms with Crippen LogP contribution in [0.25, 0.3) is 0 Å². The molecule has 0 unspecified atom stereocenters. The van der Waals surface area contributed by atoms with Crippen molar-refractivity contribution in [1.29, 1.82) is 0 Å². The van der Waals surface area contributed by atoms with Gasteiger partial charge in [0, 0.05) is 6.42 Å². The van der Waals surface area contributed by atoms with Gasteiger partial charge in [-0.2, -0.15) is 0 Å². The van der Waals surface area contributed by atoms with E-state index in [1.165, 1.54) is 12.8 Å². The molecular weight excluding hydrogens is 230 g/mol. The van der Waals surface area contributed by atoms with Crippen LogP contribution < -0.4 is 5.32 Å². The number of carbonyl (C=O) groups excluding carboxylic acids is 2. The minimum Gasteiger partial charge on any atom is -0.464 e. The SMILES string of the molecule is CCCC/C=C/CCCOC(=O)[C@@H]1CCC(=O)N1. The van der Waals surface area contributed by atoms with E-state index >= 15 is 0 Å². The van der Waals surface area contributed by atoms with Gasteiger partial charge in [0.1, 0.15) is 6.04 Å². The Morgan fingerprint density at radius 2 is 2.11 bits per heavy atom. The molecule has 1 saturated heterocycles. The second-order valence-corrected chi connectivity index (χ2v) is 4.58. The Hall–Kier alpha value is -1.32. The van der Waals surface area contributed by atoms with Gasteiger partial charge in [-0.05, 0) is 25.7 Å². The standard InChI is InChI=1S/C14H23NO3/c1-2-3-4-5-6-7-8-11-18-14(17)12-9-10-13(16)15-12/h5-6,12H,2-4,7-11H2,1H3,(H,15,16)/b6-5+/t12-/m0/s1. The van der Waals surface area contributed by atoms with Crippen molar-refractivity contribution in [2.75, 3.05) is 6.61 Å². The average Bonchev–Trinajstić information content (AvgIpc) is 2.79. The maximum Gasteiger partial charge on any atom is 0.328 e. The van der Waals surface area contributed by atoms with Crippen LogP contribution in [-0.2, 0) is 14.3 Å². The monoisotopic (exact) mass is 253 g/mol. The molecule has 1 atom stereocenters. The summed E-state index contributed by atoms with van der Waals surface area (Å²) < 4.78 is 5.11. The zero-order valence-electron chi connectivity index (χ0n) is 11.1. The molecule has 0 spiro atoms. The summed E-state index contributed by atoms with van der Waals surface area (Å²) in [5.74, 6) is -0.355. The molecule has 4 heteroatoms. The number of esters is 1. The predicted molar refractivity (Wildman–Crippen MR) is 70.0 cm³/mol. The van der Waals surface area contributed by atoms with Crippen molar-refractivity contribution in [3.8, 4) is 0 Å². The molecule has 102 valence electrons. The van der Waals surface area contributed by atoms with Crippen LogP contribution in [0.15, 0.2) is 12.2 Å². The van der Waals surface area contributed by atoms with Crippen LogP contribution >= 0.6 is 0 Å². The Bertz CT molecular complexity index is 299. The highest BCUT2D eigenvalue weighted by atomic mass is 16.5. The van der Waals surface area contributed by atoms with Crippen molar-refractivity contribution in [2.45, 2.75) is 57.9 Å². The molecule has 1 aliphatic heterocycles. The molecule has 1 aliphatic rings. The van der Waals surface area contributed by atoms with Crippen LogP contribution in [-0.4, -0.2) is 24.5 Å². The van der Waals surface area contributed by atoms with Gasteiger partial charge >= 0.3 is 5.97 Å². The van der Waals surface area contributed by atoms with Gasteiger partial charge in [0.25, 0.3) is 0 Å². The van der Waals surface area contributed by atoms with Gasteiger partial charge in [-0.1, -0.05) is 31.9 Å².